The number of rotatable bonds is 5. The van der Waals surface area contributed by atoms with Gasteiger partial charge in [-0.2, -0.15) is 0 Å². The second kappa shape index (κ2) is 7.91. The van der Waals surface area contributed by atoms with Crippen molar-refractivity contribution in [2.24, 2.45) is 0 Å². The number of alkyl halides is 3. The molecule has 0 heterocycles. The third-order valence-electron chi connectivity index (χ3n) is 3.12. The van der Waals surface area contributed by atoms with Crippen LogP contribution in [0.1, 0.15) is 15.9 Å². The molecule has 132 valence electrons. The lowest BCUT2D eigenvalue weighted by Crippen LogP contribution is -2.47. The van der Waals surface area contributed by atoms with Crippen molar-refractivity contribution in [2.45, 2.75) is 16.9 Å². The van der Waals surface area contributed by atoms with Crippen LogP contribution in [-0.4, -0.2) is 20.9 Å². The van der Waals surface area contributed by atoms with Gasteiger partial charge in [0.05, 0.1) is 11.0 Å². The number of carbonyl (C=O) groups excluding carboxylic acids is 1. The van der Waals surface area contributed by atoms with E-state index in [1.807, 2.05) is 13.0 Å². The van der Waals surface area contributed by atoms with Gasteiger partial charge < -0.3 is 10.1 Å². The van der Waals surface area contributed by atoms with E-state index in [1.165, 1.54) is 24.3 Å². The number of hydrogen-bond acceptors (Lipinski definition) is 4. The maximum Gasteiger partial charge on any atom is 0.273 e. The summed E-state index contributed by atoms with van der Waals surface area (Å²) in [5.41, 5.74) is 1.06. The molecule has 2 aromatic rings. The number of ether oxygens (including phenoxy) is 1. The zero-order valence-electron chi connectivity index (χ0n) is 12.9. The Bertz CT molecular complexity index is 793. The van der Waals surface area contributed by atoms with Gasteiger partial charge >= 0.3 is 0 Å². The zero-order valence-corrected chi connectivity index (χ0v) is 15.2. The van der Waals surface area contributed by atoms with Crippen LogP contribution in [0.4, 0.5) is 5.69 Å². The van der Waals surface area contributed by atoms with Crippen LogP contribution in [0.5, 0.6) is 5.75 Å². The van der Waals surface area contributed by atoms with Gasteiger partial charge in [-0.3, -0.25) is 14.9 Å². The van der Waals surface area contributed by atoms with Crippen LogP contribution in [-0.2, 0) is 0 Å². The predicted molar refractivity (Wildman–Crippen MR) is 96.4 cm³/mol. The molecule has 0 aromatic heterocycles. The highest BCUT2D eigenvalue weighted by atomic mass is 35.6. The van der Waals surface area contributed by atoms with Crippen molar-refractivity contribution < 1.29 is 14.5 Å². The fourth-order valence-corrected chi connectivity index (χ4v) is 2.27. The molecule has 0 aliphatic carbocycles. The molecule has 0 aliphatic heterocycles. The molecule has 0 saturated heterocycles. The predicted octanol–water partition coefficient (Wildman–Crippen LogP) is 4.41. The standard InChI is InChI=1S/C16H13Cl3N2O4/c1-10-4-2-5-11(8-10)14(22)20-15(16(17,18)19)25-13-7-3-6-12(9-13)21(23)24/h2-9,15H,1H3,(H,20,22)/t15-/m1/s1. The molecule has 2 rings (SSSR count). The number of amides is 1. The van der Waals surface area contributed by atoms with E-state index in [9.17, 15) is 14.9 Å². The van der Waals surface area contributed by atoms with Crippen molar-refractivity contribution in [1.29, 1.82) is 0 Å². The highest BCUT2D eigenvalue weighted by Crippen LogP contribution is 2.33. The summed E-state index contributed by atoms with van der Waals surface area (Å²) in [6, 6.07) is 12.2. The second-order valence-electron chi connectivity index (χ2n) is 5.14. The molecule has 1 atom stereocenters. The number of benzene rings is 2. The lowest BCUT2D eigenvalue weighted by atomic mass is 10.1. The Labute approximate surface area is 158 Å². The van der Waals surface area contributed by atoms with E-state index in [-0.39, 0.29) is 11.4 Å². The van der Waals surface area contributed by atoms with E-state index in [2.05, 4.69) is 5.32 Å². The van der Waals surface area contributed by atoms with Crippen LogP contribution < -0.4 is 10.1 Å². The minimum absolute atomic E-state index is 0.0788. The average Bonchev–Trinajstić information content (AvgIpc) is 2.53. The molecule has 0 fully saturated rings. The maximum absolute atomic E-state index is 12.3. The summed E-state index contributed by atoms with van der Waals surface area (Å²) in [5.74, 6) is -0.430. The Morgan fingerprint density at radius 1 is 1.20 bits per heavy atom. The summed E-state index contributed by atoms with van der Waals surface area (Å²) in [6.07, 6.45) is -1.35. The Hall–Kier alpha value is -2.02. The van der Waals surface area contributed by atoms with Crippen molar-refractivity contribution >= 4 is 46.4 Å². The van der Waals surface area contributed by atoms with Crippen LogP contribution in [0.15, 0.2) is 48.5 Å². The van der Waals surface area contributed by atoms with Crippen LogP contribution >= 0.6 is 34.8 Å². The van der Waals surface area contributed by atoms with E-state index in [0.29, 0.717) is 5.56 Å². The van der Waals surface area contributed by atoms with Gasteiger partial charge in [-0.25, -0.2) is 0 Å². The molecule has 1 N–H and O–H groups in total. The first-order valence-corrected chi connectivity index (χ1v) is 8.15. The van der Waals surface area contributed by atoms with E-state index in [4.69, 9.17) is 39.5 Å². The third-order valence-corrected chi connectivity index (χ3v) is 3.72. The summed E-state index contributed by atoms with van der Waals surface area (Å²) in [5, 5.41) is 13.3. The molecule has 0 bridgehead atoms. The molecular weight excluding hydrogens is 391 g/mol. The molecule has 0 spiro atoms. The van der Waals surface area contributed by atoms with Crippen LogP contribution in [0.3, 0.4) is 0 Å². The maximum atomic E-state index is 12.3. The van der Waals surface area contributed by atoms with E-state index in [0.717, 1.165) is 5.56 Å². The van der Waals surface area contributed by atoms with Crippen molar-refractivity contribution in [3.05, 3.63) is 69.8 Å². The lowest BCUT2D eigenvalue weighted by Gasteiger charge is -2.26. The van der Waals surface area contributed by atoms with E-state index < -0.39 is 20.9 Å². The number of nitrogens with one attached hydrogen (secondary N) is 1. The van der Waals surface area contributed by atoms with Crippen molar-refractivity contribution in [2.75, 3.05) is 0 Å². The number of nitro benzene ring substituents is 1. The number of nitrogens with zero attached hydrogens (tertiary/aromatic N) is 1. The summed E-state index contributed by atoms with van der Waals surface area (Å²) >= 11 is 17.6. The largest absolute Gasteiger partial charge is 0.466 e. The molecular formula is C16H13Cl3N2O4. The summed E-state index contributed by atoms with van der Waals surface area (Å²) in [7, 11) is 0. The normalized spacial score (nSPS) is 12.3. The van der Waals surface area contributed by atoms with Crippen molar-refractivity contribution in [3.8, 4) is 5.75 Å². The number of halogens is 3. The number of nitro groups is 1. The van der Waals surface area contributed by atoms with E-state index in [1.54, 1.807) is 18.2 Å². The van der Waals surface area contributed by atoms with E-state index >= 15 is 0 Å². The molecule has 0 saturated carbocycles. The number of hydrogen-bond donors (Lipinski definition) is 1. The minimum Gasteiger partial charge on any atom is -0.466 e. The van der Waals surface area contributed by atoms with Gasteiger partial charge in [0, 0.05) is 11.6 Å². The molecule has 25 heavy (non-hydrogen) atoms. The summed E-state index contributed by atoms with van der Waals surface area (Å²) in [4.78, 5) is 22.6. The number of carbonyl (C=O) groups is 1. The molecule has 0 radical (unpaired) electrons. The first-order chi connectivity index (χ1) is 11.7. The molecule has 1 amide bonds. The number of aryl methyl sites for hydroxylation is 1. The fraction of sp³-hybridized carbons (Fsp3) is 0.188. The second-order valence-corrected chi connectivity index (χ2v) is 7.51. The van der Waals surface area contributed by atoms with Gasteiger partial charge in [0.15, 0.2) is 0 Å². The van der Waals surface area contributed by atoms with Gasteiger partial charge in [-0.1, -0.05) is 58.6 Å². The Kier molecular flexibility index (Phi) is 6.11. The van der Waals surface area contributed by atoms with Gasteiger partial charge in [0.1, 0.15) is 5.75 Å². The minimum atomic E-state index is -2.00. The first-order valence-electron chi connectivity index (χ1n) is 7.02. The summed E-state index contributed by atoms with van der Waals surface area (Å²) < 4.78 is 3.46. The zero-order chi connectivity index (χ0) is 18.6. The Morgan fingerprint density at radius 3 is 2.48 bits per heavy atom. The third kappa shape index (κ3) is 5.49. The molecule has 6 nitrogen and oxygen atoms in total. The van der Waals surface area contributed by atoms with Crippen molar-refractivity contribution in [3.63, 3.8) is 0 Å². The molecule has 0 unspecified atom stereocenters. The summed E-state index contributed by atoms with van der Waals surface area (Å²) in [6.45, 7) is 1.84. The highest BCUT2D eigenvalue weighted by Gasteiger charge is 2.36. The molecule has 2 aromatic carbocycles. The first kappa shape index (κ1) is 19.3. The van der Waals surface area contributed by atoms with Gasteiger partial charge in [-0.05, 0) is 25.1 Å². The van der Waals surface area contributed by atoms with Crippen molar-refractivity contribution in [1.82, 2.24) is 5.32 Å². The SMILES string of the molecule is Cc1cccc(C(=O)N[C@H](Oc2cccc([N+](=O)[O-])c2)C(Cl)(Cl)Cl)c1. The van der Waals surface area contributed by atoms with Crippen LogP contribution in [0, 0.1) is 17.0 Å². The number of non-ortho nitro benzene ring substituents is 1. The topological polar surface area (TPSA) is 81.5 Å². The lowest BCUT2D eigenvalue weighted by molar-refractivity contribution is -0.384. The highest BCUT2D eigenvalue weighted by molar-refractivity contribution is 6.68. The Morgan fingerprint density at radius 2 is 1.88 bits per heavy atom. The fourth-order valence-electron chi connectivity index (χ4n) is 1.97. The van der Waals surface area contributed by atoms with Crippen LogP contribution in [0.25, 0.3) is 0 Å². The van der Waals surface area contributed by atoms with Gasteiger partial charge in [-0.15, -0.1) is 0 Å². The van der Waals surface area contributed by atoms with Gasteiger partial charge in [0.2, 0.25) is 10.0 Å². The van der Waals surface area contributed by atoms with Gasteiger partial charge in [0.25, 0.3) is 11.6 Å². The average molecular weight is 404 g/mol. The smallest absolute Gasteiger partial charge is 0.273 e. The molecule has 0 aliphatic rings. The quantitative estimate of drug-likeness (QED) is 0.347. The monoisotopic (exact) mass is 402 g/mol. The van der Waals surface area contributed by atoms with Crippen LogP contribution in [0.2, 0.25) is 0 Å². The molecule has 9 heteroatoms. The Balaban J connectivity index is 2.21.